The Morgan fingerprint density at radius 2 is 1.12 bits per heavy atom. The lowest BCUT2D eigenvalue weighted by Gasteiger charge is -2.24. The van der Waals surface area contributed by atoms with Crippen molar-refractivity contribution in [2.24, 2.45) is 15.9 Å². The molecule has 0 fully saturated rings. The summed E-state index contributed by atoms with van der Waals surface area (Å²) in [5.41, 5.74) is 5.82. The third kappa shape index (κ3) is 16.9. The highest BCUT2D eigenvalue weighted by atomic mass is 32.2. The number of nitrogens with one attached hydrogen (secondary N) is 5. The van der Waals surface area contributed by atoms with Gasteiger partial charge in [-0.2, -0.15) is 0 Å². The van der Waals surface area contributed by atoms with E-state index in [0.717, 1.165) is 37.8 Å². The second-order valence-electron chi connectivity index (χ2n) is 23.7. The molecule has 504 valence electrons. The van der Waals surface area contributed by atoms with Crippen molar-refractivity contribution in [3.8, 4) is 28.7 Å². The quantitative estimate of drug-likeness (QED) is 0.0510. The lowest BCUT2D eigenvalue weighted by atomic mass is 10.0. The van der Waals surface area contributed by atoms with E-state index in [2.05, 4.69) is 31.6 Å². The molecule has 0 saturated heterocycles. The van der Waals surface area contributed by atoms with Crippen LogP contribution in [0.15, 0.2) is 178 Å². The van der Waals surface area contributed by atoms with Gasteiger partial charge in [-0.05, 0) is 102 Å². The van der Waals surface area contributed by atoms with E-state index < -0.39 is 35.7 Å². The molecule has 0 saturated carbocycles. The van der Waals surface area contributed by atoms with Crippen LogP contribution in [0.4, 0.5) is 28.7 Å². The number of allylic oxidation sites excluding steroid dienone is 10. The molecule has 4 aromatic carbocycles. The summed E-state index contributed by atoms with van der Waals surface area (Å²) < 4.78 is 29.1. The number of hydrogen-bond acceptors (Lipinski definition) is 17. The monoisotopic (exact) mass is 1360 g/mol. The highest BCUT2D eigenvalue weighted by Crippen LogP contribution is 2.43. The summed E-state index contributed by atoms with van der Waals surface area (Å²) in [5.74, 6) is -0.124. The van der Waals surface area contributed by atoms with Gasteiger partial charge < -0.3 is 60.1 Å². The minimum absolute atomic E-state index is 0.0281. The molecule has 4 bridgehead atoms. The summed E-state index contributed by atoms with van der Waals surface area (Å²) >= 11 is 3.01. The van der Waals surface area contributed by atoms with Crippen LogP contribution in [0.1, 0.15) is 95.1 Å². The van der Waals surface area contributed by atoms with Crippen molar-refractivity contribution in [1.29, 1.82) is 0 Å². The molecule has 1 aliphatic carbocycles. The lowest BCUT2D eigenvalue weighted by molar-refractivity contribution is -0.128. The standard InChI is InChI=1S/C74H74N10O12S2/c1-44(2)69(82-71(88)48-33-65-79-66(34-48)81-68(86)26-30-98-56-16-13-11-9-7-8-10-12-15-55(35-56)97-29-25-67(85)80-65)72(89)77-45(3)70(87)78-51-21-17-46(18-22-51)49-31-52-40-75-59-38-63(61(93-5)36-57(59)73(90)83(52)42-49)95-27-14-28-96-64-39-60-58(37-62(64)94-6)74(91)84-43-50(32-53(84)41-76-60)47-19-23-54(92-4)24-20-47/h7-13,15-24,33-45,52-53,69H,14,25-32H2,1-6H3,(H,77,89)(H,78,87)(H,82,88)(H2,79,80,81,85,86)/b8-7-,9-7?,10-8?,11-9-,12-10-,13-11?,15-12?,16-13+,55-15-,55-35?,56-16?,56-35+/t45-,52-,53-,69-/m0/s1. The Morgan fingerprint density at radius 1 is 0.602 bits per heavy atom. The van der Waals surface area contributed by atoms with Crippen LogP contribution in [0, 0.1) is 5.92 Å². The molecular formula is C74H74N10O12S2. The summed E-state index contributed by atoms with van der Waals surface area (Å²) in [7, 11) is 4.64. The smallest absolute Gasteiger partial charge is 0.260 e. The van der Waals surface area contributed by atoms with Crippen LogP contribution in [0.5, 0.6) is 28.7 Å². The number of aromatic nitrogens is 1. The number of ether oxygens (including phenoxy) is 5. The molecule has 11 rings (SSSR count). The van der Waals surface area contributed by atoms with Crippen molar-refractivity contribution in [3.05, 3.63) is 196 Å². The number of nitrogens with zero attached hydrogens (tertiary/aromatic N) is 5. The van der Waals surface area contributed by atoms with E-state index in [1.54, 1.807) is 85.8 Å². The molecule has 22 nitrogen and oxygen atoms in total. The van der Waals surface area contributed by atoms with E-state index in [9.17, 15) is 33.6 Å². The molecule has 0 spiro atoms. The predicted octanol–water partition coefficient (Wildman–Crippen LogP) is 11.9. The van der Waals surface area contributed by atoms with Gasteiger partial charge in [-0.3, -0.25) is 43.5 Å². The molecule has 6 aliphatic rings. The molecule has 0 radical (unpaired) electrons. The maximum absolute atomic E-state index is 14.3. The van der Waals surface area contributed by atoms with Crippen molar-refractivity contribution in [3.63, 3.8) is 0 Å². The van der Waals surface area contributed by atoms with Gasteiger partial charge in [0.1, 0.15) is 29.5 Å². The molecule has 5 aliphatic heterocycles. The number of carbonyl (C=O) groups excluding carboxylic acids is 7. The maximum Gasteiger partial charge on any atom is 0.260 e. The molecule has 98 heavy (non-hydrogen) atoms. The molecular weight excluding hydrogens is 1290 g/mol. The van der Waals surface area contributed by atoms with Gasteiger partial charge in [-0.15, -0.1) is 23.5 Å². The van der Waals surface area contributed by atoms with Gasteiger partial charge in [0.15, 0.2) is 23.0 Å². The SMILES string of the molecule is COc1ccc(C2=CN3C(=O)c4cc(OC)c(OCCCOc5cc6c(cc5OC)C(=O)N5C=C(c7ccc(NC(=O)[C@H](C)NC(=O)[C@@H](NC(=O)c8cc9nc(c8)NC(=O)CCSC8=C/C(=C/C=C\C=C/C=C\C=C\8)SCCC(=O)N9)C(C)C)cc7)C[C@H]5C=N6)cc4N=C[C@@H]3C2)cc1. The molecule has 24 heteroatoms. The molecule has 6 heterocycles. The van der Waals surface area contributed by atoms with Gasteiger partial charge in [0.25, 0.3) is 17.7 Å². The van der Waals surface area contributed by atoms with Crippen LogP contribution in [0.25, 0.3) is 11.1 Å². The molecule has 5 N–H and O–H groups in total. The second kappa shape index (κ2) is 31.9. The fourth-order valence-electron chi connectivity index (χ4n) is 11.3. The maximum atomic E-state index is 14.3. The van der Waals surface area contributed by atoms with Crippen molar-refractivity contribution in [2.45, 2.75) is 77.0 Å². The number of rotatable bonds is 18. The predicted molar refractivity (Wildman–Crippen MR) is 383 cm³/mol. The molecule has 7 amide bonds. The van der Waals surface area contributed by atoms with Gasteiger partial charge in [-0.25, -0.2) is 4.98 Å². The number of methoxy groups -OCH3 is 3. The Kier molecular flexibility index (Phi) is 22.3. The number of benzene rings is 4. The highest BCUT2D eigenvalue weighted by molar-refractivity contribution is 8.04. The van der Waals surface area contributed by atoms with Gasteiger partial charge in [-0.1, -0.05) is 80.6 Å². The highest BCUT2D eigenvalue weighted by Gasteiger charge is 2.36. The Labute approximate surface area is 576 Å². The largest absolute Gasteiger partial charge is 0.497 e. The van der Waals surface area contributed by atoms with E-state index >= 15 is 0 Å². The first kappa shape index (κ1) is 68.7. The zero-order chi connectivity index (χ0) is 68.8. The number of aliphatic imine (C=N–C) groups is 2. The van der Waals surface area contributed by atoms with Crippen molar-refractivity contribution < 1.29 is 57.2 Å². The summed E-state index contributed by atoms with van der Waals surface area (Å²) in [6.45, 7) is 5.50. The van der Waals surface area contributed by atoms with Crippen LogP contribution >= 0.6 is 23.5 Å². The van der Waals surface area contributed by atoms with Crippen molar-refractivity contribution in [1.82, 2.24) is 25.4 Å². The molecule has 0 unspecified atom stereocenters. The first-order chi connectivity index (χ1) is 47.5. The average molecular weight is 1360 g/mol. The zero-order valence-corrected chi connectivity index (χ0v) is 56.5. The second-order valence-corrected chi connectivity index (χ2v) is 26.0. The number of hydrogen-bond donors (Lipinski definition) is 5. The minimum Gasteiger partial charge on any atom is -0.497 e. The first-order valence-corrected chi connectivity index (χ1v) is 34.0. The van der Waals surface area contributed by atoms with Crippen LogP contribution < -0.4 is 50.3 Å². The van der Waals surface area contributed by atoms with Crippen LogP contribution in [0.3, 0.4) is 0 Å². The fourth-order valence-corrected chi connectivity index (χ4v) is 13.2. The van der Waals surface area contributed by atoms with Crippen molar-refractivity contribution >= 4 is 117 Å². The molecule has 5 aromatic rings. The first-order valence-electron chi connectivity index (χ1n) is 32.0. The van der Waals surface area contributed by atoms with Gasteiger partial charge >= 0.3 is 0 Å². The molecule has 1 aromatic heterocycles. The summed E-state index contributed by atoms with van der Waals surface area (Å²) in [4.78, 5) is 115. The fraction of sp³-hybridized carbons (Fsp3) is 0.270. The molecule has 4 atom stereocenters. The van der Waals surface area contributed by atoms with E-state index in [1.165, 1.54) is 56.8 Å². The minimum atomic E-state index is -1.10. The Bertz CT molecular complexity index is 4240. The third-order valence-corrected chi connectivity index (χ3v) is 18.5. The number of fused-ring (bicyclic) bond motifs is 7. The third-order valence-electron chi connectivity index (χ3n) is 16.5. The van der Waals surface area contributed by atoms with Crippen molar-refractivity contribution in [2.75, 3.05) is 62.0 Å². The normalized spacial score (nSPS) is 20.4. The number of anilines is 3. The zero-order valence-electron chi connectivity index (χ0n) is 54.9. The summed E-state index contributed by atoms with van der Waals surface area (Å²) in [6, 6.07) is 21.5. The Morgan fingerprint density at radius 3 is 1.65 bits per heavy atom. The van der Waals surface area contributed by atoms with Gasteiger partial charge in [0.2, 0.25) is 23.6 Å². The summed E-state index contributed by atoms with van der Waals surface area (Å²) in [5, 5.41) is 13.9. The van der Waals surface area contributed by atoms with Crippen LogP contribution in [0.2, 0.25) is 0 Å². The van der Waals surface area contributed by atoms with Gasteiger partial charge in [0, 0.05) is 102 Å². The van der Waals surface area contributed by atoms with Gasteiger partial charge in [0.05, 0.1) is 69.1 Å². The number of thioether (sulfide) groups is 2. The number of carbonyl (C=O) groups is 7. The van der Waals surface area contributed by atoms with Crippen LogP contribution in [-0.2, 0) is 19.2 Å². The average Bonchev–Trinajstić information content (AvgIpc) is 1.62. The summed E-state index contributed by atoms with van der Waals surface area (Å²) in [6.07, 6.45) is 28.4. The van der Waals surface area contributed by atoms with Crippen LogP contribution in [-0.4, -0.2) is 139 Å². The Hall–Kier alpha value is -10.7. The van der Waals surface area contributed by atoms with E-state index in [1.807, 2.05) is 103 Å². The van der Waals surface area contributed by atoms with E-state index in [-0.39, 0.29) is 79.0 Å². The van der Waals surface area contributed by atoms with E-state index in [4.69, 9.17) is 33.7 Å². The van der Waals surface area contributed by atoms with E-state index in [0.29, 0.717) is 82.0 Å². The Balaban J connectivity index is 0.661. The lowest BCUT2D eigenvalue weighted by Crippen LogP contribution is -2.53. The number of amides is 7. The number of pyridine rings is 1. The topological polar surface area (TPSA) is 270 Å².